The predicted octanol–water partition coefficient (Wildman–Crippen LogP) is 2.12. The van der Waals surface area contributed by atoms with E-state index in [1.807, 2.05) is 7.05 Å². The molecule has 1 aromatic rings. The molecule has 1 unspecified atom stereocenters. The highest BCUT2D eigenvalue weighted by molar-refractivity contribution is 5.59. The van der Waals surface area contributed by atoms with Crippen LogP contribution in [-0.2, 0) is 4.74 Å². The number of para-hydroxylation sites is 1. The number of morpholine rings is 1. The van der Waals surface area contributed by atoms with Crippen LogP contribution in [0.1, 0.15) is 17.5 Å². The number of ether oxygens (including phenoxy) is 1. The van der Waals surface area contributed by atoms with Crippen LogP contribution < -0.4 is 10.2 Å². The number of benzene rings is 1. The molecule has 3 heteroatoms. The molecular formula is C15H24N2O. The van der Waals surface area contributed by atoms with E-state index in [0.717, 1.165) is 32.7 Å². The molecule has 1 fully saturated rings. The Morgan fingerprint density at radius 3 is 2.72 bits per heavy atom. The summed E-state index contributed by atoms with van der Waals surface area (Å²) in [5.41, 5.74) is 4.14. The molecule has 1 N–H and O–H groups in total. The molecule has 1 aliphatic rings. The number of aryl methyl sites for hydroxylation is 2. The lowest BCUT2D eigenvalue weighted by atomic mass is 10.0. The van der Waals surface area contributed by atoms with Gasteiger partial charge >= 0.3 is 0 Å². The van der Waals surface area contributed by atoms with Crippen LogP contribution in [0.5, 0.6) is 0 Å². The Kier molecular flexibility index (Phi) is 4.61. The summed E-state index contributed by atoms with van der Waals surface area (Å²) in [4.78, 5) is 2.53. The Morgan fingerprint density at radius 1 is 1.33 bits per heavy atom. The van der Waals surface area contributed by atoms with Crippen LogP contribution in [-0.4, -0.2) is 39.4 Å². The van der Waals surface area contributed by atoms with Crippen molar-refractivity contribution in [2.45, 2.75) is 26.3 Å². The van der Waals surface area contributed by atoms with Gasteiger partial charge in [0, 0.05) is 12.2 Å². The standard InChI is InChI=1S/C15H24N2O/c1-12-5-4-6-13(2)15(12)17-9-10-18-11-14(17)7-8-16-3/h4-6,14,16H,7-11H2,1-3H3. The van der Waals surface area contributed by atoms with E-state index in [0.29, 0.717) is 6.04 Å². The van der Waals surface area contributed by atoms with Gasteiger partial charge in [0.2, 0.25) is 0 Å². The first-order valence-electron chi connectivity index (χ1n) is 6.79. The maximum atomic E-state index is 5.64. The summed E-state index contributed by atoms with van der Waals surface area (Å²) in [6, 6.07) is 7.03. The van der Waals surface area contributed by atoms with Gasteiger partial charge in [-0.3, -0.25) is 0 Å². The first-order chi connectivity index (χ1) is 8.74. The summed E-state index contributed by atoms with van der Waals surface area (Å²) < 4.78 is 5.64. The van der Waals surface area contributed by atoms with Gasteiger partial charge in [-0.05, 0) is 45.0 Å². The fourth-order valence-corrected chi connectivity index (χ4v) is 2.76. The molecule has 1 aliphatic heterocycles. The first-order valence-corrected chi connectivity index (χ1v) is 6.79. The molecule has 2 rings (SSSR count). The Balaban J connectivity index is 2.22. The van der Waals surface area contributed by atoms with Crippen molar-refractivity contribution in [3.63, 3.8) is 0 Å². The topological polar surface area (TPSA) is 24.5 Å². The minimum atomic E-state index is 0.492. The molecule has 0 aliphatic carbocycles. The normalized spacial score (nSPS) is 20.2. The summed E-state index contributed by atoms with van der Waals surface area (Å²) in [5, 5.41) is 3.23. The summed E-state index contributed by atoms with van der Waals surface area (Å²) in [6.07, 6.45) is 1.13. The van der Waals surface area contributed by atoms with Crippen LogP contribution in [0, 0.1) is 13.8 Å². The van der Waals surface area contributed by atoms with E-state index >= 15 is 0 Å². The average molecular weight is 248 g/mol. The molecule has 0 radical (unpaired) electrons. The zero-order valence-corrected chi connectivity index (χ0v) is 11.7. The van der Waals surface area contributed by atoms with E-state index < -0.39 is 0 Å². The monoisotopic (exact) mass is 248 g/mol. The van der Waals surface area contributed by atoms with Crippen LogP contribution in [0.25, 0.3) is 0 Å². The fourth-order valence-electron chi connectivity index (χ4n) is 2.76. The second-order valence-electron chi connectivity index (χ2n) is 5.05. The third kappa shape index (κ3) is 2.85. The van der Waals surface area contributed by atoms with E-state index in [9.17, 15) is 0 Å². The minimum Gasteiger partial charge on any atom is -0.377 e. The average Bonchev–Trinajstić information content (AvgIpc) is 2.37. The number of nitrogens with zero attached hydrogens (tertiary/aromatic N) is 1. The molecule has 1 saturated heterocycles. The van der Waals surface area contributed by atoms with Crippen molar-refractivity contribution in [3.8, 4) is 0 Å². The Labute approximate surface area is 110 Å². The van der Waals surface area contributed by atoms with E-state index in [-0.39, 0.29) is 0 Å². The second-order valence-corrected chi connectivity index (χ2v) is 5.05. The van der Waals surface area contributed by atoms with Crippen LogP contribution >= 0.6 is 0 Å². The number of hydrogen-bond donors (Lipinski definition) is 1. The van der Waals surface area contributed by atoms with Gasteiger partial charge in [0.15, 0.2) is 0 Å². The third-order valence-electron chi connectivity index (χ3n) is 3.68. The Morgan fingerprint density at radius 2 is 2.06 bits per heavy atom. The zero-order valence-electron chi connectivity index (χ0n) is 11.7. The molecule has 0 saturated carbocycles. The van der Waals surface area contributed by atoms with Gasteiger partial charge in [-0.2, -0.15) is 0 Å². The molecule has 100 valence electrons. The van der Waals surface area contributed by atoms with Gasteiger partial charge < -0.3 is 15.0 Å². The van der Waals surface area contributed by atoms with Crippen molar-refractivity contribution in [2.24, 2.45) is 0 Å². The van der Waals surface area contributed by atoms with Crippen molar-refractivity contribution in [1.29, 1.82) is 0 Å². The van der Waals surface area contributed by atoms with Crippen molar-refractivity contribution < 1.29 is 4.74 Å². The Bertz CT molecular complexity index is 372. The maximum Gasteiger partial charge on any atom is 0.0671 e. The van der Waals surface area contributed by atoms with Crippen LogP contribution in [0.2, 0.25) is 0 Å². The van der Waals surface area contributed by atoms with E-state index in [1.54, 1.807) is 0 Å². The molecule has 0 spiro atoms. The predicted molar refractivity (Wildman–Crippen MR) is 76.4 cm³/mol. The summed E-state index contributed by atoms with van der Waals surface area (Å²) >= 11 is 0. The number of anilines is 1. The second kappa shape index (κ2) is 6.21. The Hall–Kier alpha value is -1.06. The third-order valence-corrected chi connectivity index (χ3v) is 3.68. The van der Waals surface area contributed by atoms with Gasteiger partial charge in [0.05, 0.1) is 19.3 Å². The first kappa shape index (κ1) is 13.4. The van der Waals surface area contributed by atoms with Crippen molar-refractivity contribution >= 4 is 5.69 Å². The van der Waals surface area contributed by atoms with E-state index in [4.69, 9.17) is 4.74 Å². The highest BCUT2D eigenvalue weighted by Gasteiger charge is 2.24. The van der Waals surface area contributed by atoms with Crippen molar-refractivity contribution in [3.05, 3.63) is 29.3 Å². The molecule has 1 atom stereocenters. The zero-order chi connectivity index (χ0) is 13.0. The van der Waals surface area contributed by atoms with Gasteiger partial charge in [-0.1, -0.05) is 18.2 Å². The van der Waals surface area contributed by atoms with Gasteiger partial charge in [0.1, 0.15) is 0 Å². The van der Waals surface area contributed by atoms with Crippen LogP contribution in [0.15, 0.2) is 18.2 Å². The SMILES string of the molecule is CNCCC1COCCN1c1c(C)cccc1C. The van der Waals surface area contributed by atoms with Crippen LogP contribution in [0.4, 0.5) is 5.69 Å². The van der Waals surface area contributed by atoms with Gasteiger partial charge in [-0.15, -0.1) is 0 Å². The molecular weight excluding hydrogens is 224 g/mol. The molecule has 3 nitrogen and oxygen atoms in total. The largest absolute Gasteiger partial charge is 0.377 e. The molecule has 0 amide bonds. The fraction of sp³-hybridized carbons (Fsp3) is 0.600. The summed E-state index contributed by atoms with van der Waals surface area (Å²) in [5.74, 6) is 0. The van der Waals surface area contributed by atoms with E-state index in [1.165, 1.54) is 16.8 Å². The lowest BCUT2D eigenvalue weighted by Crippen LogP contribution is -2.47. The van der Waals surface area contributed by atoms with E-state index in [2.05, 4.69) is 42.3 Å². The maximum absolute atomic E-state index is 5.64. The van der Waals surface area contributed by atoms with Gasteiger partial charge in [-0.25, -0.2) is 0 Å². The lowest BCUT2D eigenvalue weighted by molar-refractivity contribution is 0.0916. The van der Waals surface area contributed by atoms with Crippen molar-refractivity contribution in [2.75, 3.05) is 38.3 Å². The smallest absolute Gasteiger partial charge is 0.0671 e. The highest BCUT2D eigenvalue weighted by atomic mass is 16.5. The number of nitrogens with one attached hydrogen (secondary N) is 1. The molecule has 1 heterocycles. The number of rotatable bonds is 4. The summed E-state index contributed by atoms with van der Waals surface area (Å²) in [7, 11) is 2.01. The quantitative estimate of drug-likeness (QED) is 0.883. The summed E-state index contributed by atoms with van der Waals surface area (Å²) in [6.45, 7) is 8.12. The minimum absolute atomic E-state index is 0.492. The molecule has 1 aromatic carbocycles. The lowest BCUT2D eigenvalue weighted by Gasteiger charge is -2.39. The molecule has 0 bridgehead atoms. The highest BCUT2D eigenvalue weighted by Crippen LogP contribution is 2.28. The van der Waals surface area contributed by atoms with Crippen LogP contribution in [0.3, 0.4) is 0 Å². The van der Waals surface area contributed by atoms with Crippen molar-refractivity contribution in [1.82, 2.24) is 5.32 Å². The molecule has 0 aromatic heterocycles. The molecule has 18 heavy (non-hydrogen) atoms. The number of hydrogen-bond acceptors (Lipinski definition) is 3. The van der Waals surface area contributed by atoms with Gasteiger partial charge in [0.25, 0.3) is 0 Å².